The Morgan fingerprint density at radius 1 is 0.652 bits per heavy atom. The lowest BCUT2D eigenvalue weighted by atomic mass is 10.1. The molecule has 5 N–H and O–H groups in total. The molecule has 4 nitrogen and oxygen atoms in total. The van der Waals surface area contributed by atoms with Crippen LogP contribution < -0.4 is 16.8 Å². The molecule has 3 aromatic carbocycles. The second-order valence-electron chi connectivity index (χ2n) is 5.28. The molecule has 0 aliphatic carbocycles. The van der Waals surface area contributed by atoms with E-state index in [0.717, 1.165) is 22.5 Å². The Morgan fingerprint density at radius 3 is 1.61 bits per heavy atom. The van der Waals surface area contributed by atoms with Gasteiger partial charge in [0.25, 0.3) is 5.91 Å². The van der Waals surface area contributed by atoms with Gasteiger partial charge in [-0.05, 0) is 59.7 Å². The summed E-state index contributed by atoms with van der Waals surface area (Å²) in [5.41, 5.74) is 16.1. The number of carbonyl (C=O) groups excluding carboxylic acids is 1. The Kier molecular flexibility index (Phi) is 3.97. The third kappa shape index (κ3) is 3.49. The summed E-state index contributed by atoms with van der Waals surface area (Å²) in [7, 11) is 0. The second kappa shape index (κ2) is 6.23. The first-order chi connectivity index (χ1) is 11.1. The Morgan fingerprint density at radius 2 is 1.09 bits per heavy atom. The summed E-state index contributed by atoms with van der Waals surface area (Å²) in [4.78, 5) is 12.2. The quantitative estimate of drug-likeness (QED) is 0.644. The maximum Gasteiger partial charge on any atom is 0.255 e. The number of nitrogens with one attached hydrogen (secondary N) is 1. The van der Waals surface area contributed by atoms with Crippen LogP contribution in [0.2, 0.25) is 0 Å². The van der Waals surface area contributed by atoms with Crippen LogP contribution in [0.15, 0.2) is 72.8 Å². The maximum absolute atomic E-state index is 12.2. The first-order valence-electron chi connectivity index (χ1n) is 7.25. The summed E-state index contributed by atoms with van der Waals surface area (Å²) < 4.78 is 0. The van der Waals surface area contributed by atoms with E-state index < -0.39 is 0 Å². The van der Waals surface area contributed by atoms with Crippen molar-refractivity contribution < 1.29 is 4.79 Å². The van der Waals surface area contributed by atoms with E-state index >= 15 is 0 Å². The van der Waals surface area contributed by atoms with Crippen molar-refractivity contribution in [1.29, 1.82) is 0 Å². The molecule has 0 saturated carbocycles. The van der Waals surface area contributed by atoms with Crippen LogP contribution in [0.25, 0.3) is 11.1 Å². The van der Waals surface area contributed by atoms with Crippen molar-refractivity contribution in [2.75, 3.05) is 16.8 Å². The monoisotopic (exact) mass is 303 g/mol. The van der Waals surface area contributed by atoms with Crippen molar-refractivity contribution in [3.05, 3.63) is 78.4 Å². The molecule has 0 aliphatic rings. The van der Waals surface area contributed by atoms with Gasteiger partial charge < -0.3 is 16.8 Å². The van der Waals surface area contributed by atoms with Gasteiger partial charge in [0.1, 0.15) is 0 Å². The van der Waals surface area contributed by atoms with E-state index in [-0.39, 0.29) is 5.91 Å². The second-order valence-corrected chi connectivity index (χ2v) is 5.28. The largest absolute Gasteiger partial charge is 0.399 e. The van der Waals surface area contributed by atoms with E-state index in [1.165, 1.54) is 0 Å². The zero-order chi connectivity index (χ0) is 16.2. The van der Waals surface area contributed by atoms with Crippen LogP contribution in [0.1, 0.15) is 10.4 Å². The number of rotatable bonds is 3. The number of benzene rings is 3. The van der Waals surface area contributed by atoms with Gasteiger partial charge in [-0.3, -0.25) is 4.79 Å². The lowest BCUT2D eigenvalue weighted by Crippen LogP contribution is -2.11. The van der Waals surface area contributed by atoms with Gasteiger partial charge >= 0.3 is 0 Å². The zero-order valence-electron chi connectivity index (χ0n) is 12.5. The van der Waals surface area contributed by atoms with Crippen molar-refractivity contribution in [3.63, 3.8) is 0 Å². The number of nitrogen functional groups attached to an aromatic ring is 2. The summed E-state index contributed by atoms with van der Waals surface area (Å²) >= 11 is 0. The average Bonchev–Trinajstić information content (AvgIpc) is 2.57. The van der Waals surface area contributed by atoms with Crippen LogP contribution in [0.3, 0.4) is 0 Å². The highest BCUT2D eigenvalue weighted by atomic mass is 16.1. The van der Waals surface area contributed by atoms with Gasteiger partial charge in [-0.25, -0.2) is 0 Å². The van der Waals surface area contributed by atoms with Gasteiger partial charge in [0, 0.05) is 22.6 Å². The van der Waals surface area contributed by atoms with E-state index in [4.69, 9.17) is 11.5 Å². The summed E-state index contributed by atoms with van der Waals surface area (Å²) in [6.45, 7) is 0. The highest BCUT2D eigenvalue weighted by Gasteiger charge is 2.06. The summed E-state index contributed by atoms with van der Waals surface area (Å²) in [6.07, 6.45) is 0. The molecule has 0 spiro atoms. The molecule has 3 rings (SSSR count). The van der Waals surface area contributed by atoms with Crippen molar-refractivity contribution in [3.8, 4) is 11.1 Å². The molecule has 23 heavy (non-hydrogen) atoms. The topological polar surface area (TPSA) is 81.1 Å². The first-order valence-corrected chi connectivity index (χ1v) is 7.25. The highest BCUT2D eigenvalue weighted by Crippen LogP contribution is 2.22. The molecule has 0 aliphatic heterocycles. The molecule has 0 fully saturated rings. The van der Waals surface area contributed by atoms with Gasteiger partial charge in [-0.1, -0.05) is 24.3 Å². The smallest absolute Gasteiger partial charge is 0.255 e. The van der Waals surface area contributed by atoms with E-state index in [9.17, 15) is 4.79 Å². The van der Waals surface area contributed by atoms with Crippen molar-refractivity contribution >= 4 is 23.0 Å². The van der Waals surface area contributed by atoms with Crippen LogP contribution in [0.5, 0.6) is 0 Å². The molecule has 0 unspecified atom stereocenters. The van der Waals surface area contributed by atoms with E-state index in [0.29, 0.717) is 11.3 Å². The van der Waals surface area contributed by atoms with Crippen LogP contribution >= 0.6 is 0 Å². The van der Waals surface area contributed by atoms with Crippen LogP contribution in [0, 0.1) is 0 Å². The Hall–Kier alpha value is -3.27. The molecule has 0 bridgehead atoms. The normalized spacial score (nSPS) is 10.3. The highest BCUT2D eigenvalue weighted by molar-refractivity contribution is 6.04. The minimum Gasteiger partial charge on any atom is -0.399 e. The van der Waals surface area contributed by atoms with Crippen LogP contribution in [0.4, 0.5) is 17.1 Å². The molecule has 1 amide bonds. The molecular weight excluding hydrogens is 286 g/mol. The van der Waals surface area contributed by atoms with E-state index in [1.54, 1.807) is 24.3 Å². The number of hydrogen-bond acceptors (Lipinski definition) is 3. The lowest BCUT2D eigenvalue weighted by Gasteiger charge is -2.07. The molecule has 4 heteroatoms. The Labute approximate surface area is 134 Å². The number of anilines is 3. The van der Waals surface area contributed by atoms with E-state index in [2.05, 4.69) is 5.32 Å². The maximum atomic E-state index is 12.2. The third-order valence-corrected chi connectivity index (χ3v) is 3.56. The van der Waals surface area contributed by atoms with Crippen LogP contribution in [-0.4, -0.2) is 5.91 Å². The number of hydrogen-bond donors (Lipinski definition) is 3. The fraction of sp³-hybridized carbons (Fsp3) is 0. The first kappa shape index (κ1) is 14.7. The minimum atomic E-state index is -0.162. The molecule has 0 heterocycles. The number of nitrogens with two attached hydrogens (primary N) is 2. The van der Waals surface area contributed by atoms with E-state index in [1.807, 2.05) is 48.5 Å². The number of amides is 1. The van der Waals surface area contributed by atoms with Crippen molar-refractivity contribution in [2.24, 2.45) is 0 Å². The molecule has 3 aromatic rings. The van der Waals surface area contributed by atoms with Gasteiger partial charge in [0.15, 0.2) is 0 Å². The van der Waals surface area contributed by atoms with Gasteiger partial charge in [0.2, 0.25) is 0 Å². The average molecular weight is 303 g/mol. The van der Waals surface area contributed by atoms with Crippen molar-refractivity contribution in [2.45, 2.75) is 0 Å². The van der Waals surface area contributed by atoms with Gasteiger partial charge in [-0.2, -0.15) is 0 Å². The molecule has 0 radical (unpaired) electrons. The fourth-order valence-electron chi connectivity index (χ4n) is 2.26. The predicted octanol–water partition coefficient (Wildman–Crippen LogP) is 3.77. The lowest BCUT2D eigenvalue weighted by molar-refractivity contribution is 0.102. The predicted molar refractivity (Wildman–Crippen MR) is 95.1 cm³/mol. The Balaban J connectivity index is 1.73. The van der Waals surface area contributed by atoms with Gasteiger partial charge in [0.05, 0.1) is 0 Å². The molecule has 114 valence electrons. The molecular formula is C19H17N3O. The summed E-state index contributed by atoms with van der Waals surface area (Å²) in [5.74, 6) is -0.162. The Bertz CT molecular complexity index is 807. The van der Waals surface area contributed by atoms with Crippen LogP contribution in [-0.2, 0) is 0 Å². The fourth-order valence-corrected chi connectivity index (χ4v) is 2.26. The number of carbonyl (C=O) groups is 1. The minimum absolute atomic E-state index is 0.162. The summed E-state index contributed by atoms with van der Waals surface area (Å²) in [6, 6.07) is 22.2. The molecule has 0 aromatic heterocycles. The molecule has 0 saturated heterocycles. The molecule has 0 atom stereocenters. The van der Waals surface area contributed by atoms with Gasteiger partial charge in [-0.15, -0.1) is 0 Å². The standard InChI is InChI=1S/C19H17N3O/c20-16-7-1-13(2-8-16)14-5-11-18(12-6-14)22-19(23)15-3-9-17(21)10-4-15/h1-12H,20-21H2,(H,22,23). The summed E-state index contributed by atoms with van der Waals surface area (Å²) in [5, 5.41) is 2.87. The SMILES string of the molecule is Nc1ccc(C(=O)Nc2ccc(-c3ccc(N)cc3)cc2)cc1. The van der Waals surface area contributed by atoms with Crippen molar-refractivity contribution in [1.82, 2.24) is 0 Å². The third-order valence-electron chi connectivity index (χ3n) is 3.56. The zero-order valence-corrected chi connectivity index (χ0v) is 12.5.